The van der Waals surface area contributed by atoms with Gasteiger partial charge in [-0.05, 0) is 25.0 Å². The molecule has 1 heterocycles. The molecule has 0 aliphatic heterocycles. The number of nitrogens with zero attached hydrogens (tertiary/aromatic N) is 2. The first-order valence-electron chi connectivity index (χ1n) is 6.63. The van der Waals surface area contributed by atoms with Crippen molar-refractivity contribution in [3.8, 4) is 0 Å². The van der Waals surface area contributed by atoms with Crippen LogP contribution in [0.2, 0.25) is 5.02 Å². The van der Waals surface area contributed by atoms with Crippen LogP contribution >= 0.6 is 11.6 Å². The number of halogens is 1. The van der Waals surface area contributed by atoms with Crippen molar-refractivity contribution in [3.05, 3.63) is 22.8 Å². The molecular weight excluding hydrogens is 280 g/mol. The minimum absolute atomic E-state index is 0.0435. The Bertz CT molecular complexity index is 452. The molecule has 0 spiro atoms. The Hall–Kier alpha value is -1.37. The van der Waals surface area contributed by atoms with Crippen molar-refractivity contribution in [2.75, 3.05) is 18.6 Å². The van der Waals surface area contributed by atoms with Crippen LogP contribution in [0, 0.1) is 0 Å². The van der Waals surface area contributed by atoms with E-state index in [-0.39, 0.29) is 35.8 Å². The minimum atomic E-state index is -0.296. The number of aliphatic hydroxyl groups is 1. The Morgan fingerprint density at radius 1 is 1.50 bits per heavy atom. The lowest BCUT2D eigenvalue weighted by molar-refractivity contribution is 0.0616. The van der Waals surface area contributed by atoms with Gasteiger partial charge in [0.2, 0.25) is 0 Å². The average Bonchev–Trinajstić information content (AvgIpc) is 2.47. The fourth-order valence-corrected chi connectivity index (χ4v) is 2.28. The summed E-state index contributed by atoms with van der Waals surface area (Å²) in [5, 5.41) is 9.43. The summed E-state index contributed by atoms with van der Waals surface area (Å²) in [5.41, 5.74) is 2.53. The van der Waals surface area contributed by atoms with Crippen LogP contribution in [0.5, 0.6) is 0 Å². The molecule has 0 saturated heterocycles. The largest absolute Gasteiger partial charge is 0.395 e. The van der Waals surface area contributed by atoms with E-state index in [1.165, 1.54) is 0 Å². The number of hydrogen-bond donors (Lipinski definition) is 3. The second-order valence-electron chi connectivity index (χ2n) is 4.36. The molecule has 0 radical (unpaired) electrons. The van der Waals surface area contributed by atoms with Crippen LogP contribution in [0.1, 0.15) is 37.2 Å². The number of aliphatic hydroxyl groups excluding tert-OH is 1. The molecule has 1 rings (SSSR count). The van der Waals surface area contributed by atoms with E-state index in [0.717, 1.165) is 12.8 Å². The molecule has 20 heavy (non-hydrogen) atoms. The molecule has 0 bridgehead atoms. The van der Waals surface area contributed by atoms with Crippen molar-refractivity contribution in [1.29, 1.82) is 0 Å². The average molecular weight is 301 g/mol. The van der Waals surface area contributed by atoms with Crippen LogP contribution in [0.15, 0.2) is 12.1 Å². The zero-order chi connectivity index (χ0) is 15.1. The third-order valence-electron chi connectivity index (χ3n) is 3.18. The summed E-state index contributed by atoms with van der Waals surface area (Å²) in [6.45, 7) is 4.15. The van der Waals surface area contributed by atoms with Gasteiger partial charge in [-0.1, -0.05) is 25.4 Å². The van der Waals surface area contributed by atoms with Gasteiger partial charge in [-0.3, -0.25) is 4.79 Å². The molecule has 6 nitrogen and oxygen atoms in total. The van der Waals surface area contributed by atoms with Gasteiger partial charge in [0.15, 0.2) is 0 Å². The van der Waals surface area contributed by atoms with E-state index < -0.39 is 0 Å². The fraction of sp³-hybridized carbons (Fsp3) is 0.538. The lowest BCUT2D eigenvalue weighted by Gasteiger charge is -2.30. The number of nitrogens with two attached hydrogens (primary N) is 1. The predicted molar refractivity (Wildman–Crippen MR) is 79.5 cm³/mol. The van der Waals surface area contributed by atoms with Crippen molar-refractivity contribution in [1.82, 2.24) is 9.88 Å². The lowest BCUT2D eigenvalue weighted by atomic mass is 10.1. The number of hydrogen-bond acceptors (Lipinski definition) is 5. The molecule has 1 aromatic heterocycles. The molecule has 7 heteroatoms. The van der Waals surface area contributed by atoms with Gasteiger partial charge in [-0.15, -0.1) is 0 Å². The molecule has 1 amide bonds. The zero-order valence-electron chi connectivity index (χ0n) is 11.8. The fourth-order valence-electron chi connectivity index (χ4n) is 2.10. The van der Waals surface area contributed by atoms with Crippen LogP contribution in [0.3, 0.4) is 0 Å². The number of amides is 1. The first-order chi connectivity index (χ1) is 9.58. The first-order valence-corrected chi connectivity index (χ1v) is 7.01. The highest BCUT2D eigenvalue weighted by Gasteiger charge is 2.25. The maximum absolute atomic E-state index is 12.6. The van der Waals surface area contributed by atoms with Gasteiger partial charge < -0.3 is 15.4 Å². The third-order valence-corrected chi connectivity index (χ3v) is 3.49. The number of carbonyl (C=O) groups is 1. The Kier molecular flexibility index (Phi) is 6.70. The SMILES string of the molecule is CCC(CC)N(CCO)C(=O)c1nc(NN)ccc1Cl. The van der Waals surface area contributed by atoms with Gasteiger partial charge in [0, 0.05) is 12.6 Å². The minimum Gasteiger partial charge on any atom is -0.395 e. The normalized spacial score (nSPS) is 10.7. The molecular formula is C13H21ClN4O2. The number of rotatable bonds is 7. The van der Waals surface area contributed by atoms with Crippen molar-refractivity contribution in [2.24, 2.45) is 5.84 Å². The predicted octanol–water partition coefficient (Wildman–Crippen LogP) is 1.64. The second-order valence-corrected chi connectivity index (χ2v) is 4.77. The molecule has 0 aliphatic rings. The molecule has 4 N–H and O–H groups in total. The summed E-state index contributed by atoms with van der Waals surface area (Å²) in [6.07, 6.45) is 1.60. The van der Waals surface area contributed by atoms with Crippen molar-refractivity contribution >= 4 is 23.3 Å². The summed E-state index contributed by atoms with van der Waals surface area (Å²) >= 11 is 6.04. The molecule has 1 aromatic rings. The Labute approximate surface area is 123 Å². The lowest BCUT2D eigenvalue weighted by Crippen LogP contribution is -2.42. The number of hydrazine groups is 1. The Morgan fingerprint density at radius 3 is 2.65 bits per heavy atom. The molecule has 0 atom stereocenters. The van der Waals surface area contributed by atoms with Gasteiger partial charge in [0.05, 0.1) is 11.6 Å². The molecule has 0 aliphatic carbocycles. The highest BCUT2D eigenvalue weighted by molar-refractivity contribution is 6.33. The maximum atomic E-state index is 12.6. The summed E-state index contributed by atoms with van der Waals surface area (Å²) in [5.74, 6) is 5.37. The van der Waals surface area contributed by atoms with Crippen molar-refractivity contribution in [3.63, 3.8) is 0 Å². The Morgan fingerprint density at radius 2 is 2.15 bits per heavy atom. The van der Waals surface area contributed by atoms with Gasteiger partial charge >= 0.3 is 0 Å². The van der Waals surface area contributed by atoms with E-state index in [1.54, 1.807) is 17.0 Å². The van der Waals surface area contributed by atoms with E-state index in [0.29, 0.717) is 5.82 Å². The monoisotopic (exact) mass is 300 g/mol. The quantitative estimate of drug-likeness (QED) is 0.526. The highest BCUT2D eigenvalue weighted by Crippen LogP contribution is 2.20. The van der Waals surface area contributed by atoms with E-state index >= 15 is 0 Å². The number of anilines is 1. The van der Waals surface area contributed by atoms with E-state index in [4.69, 9.17) is 22.6 Å². The second kappa shape index (κ2) is 8.04. The smallest absolute Gasteiger partial charge is 0.274 e. The van der Waals surface area contributed by atoms with Gasteiger partial charge in [-0.2, -0.15) is 0 Å². The maximum Gasteiger partial charge on any atom is 0.274 e. The molecule has 0 unspecified atom stereocenters. The molecule has 112 valence electrons. The van der Waals surface area contributed by atoms with Gasteiger partial charge in [0.25, 0.3) is 5.91 Å². The number of aromatic nitrogens is 1. The van der Waals surface area contributed by atoms with Crippen LogP contribution in [-0.4, -0.2) is 40.1 Å². The summed E-state index contributed by atoms with van der Waals surface area (Å²) < 4.78 is 0. The van der Waals surface area contributed by atoms with Crippen LogP contribution in [0.25, 0.3) is 0 Å². The first kappa shape index (κ1) is 16.7. The van der Waals surface area contributed by atoms with Gasteiger partial charge in [0.1, 0.15) is 11.5 Å². The highest BCUT2D eigenvalue weighted by atomic mass is 35.5. The number of nitrogens with one attached hydrogen (secondary N) is 1. The molecule has 0 fully saturated rings. The molecule has 0 aromatic carbocycles. The van der Waals surface area contributed by atoms with Gasteiger partial charge in [-0.25, -0.2) is 10.8 Å². The van der Waals surface area contributed by atoms with E-state index in [2.05, 4.69) is 10.4 Å². The van der Waals surface area contributed by atoms with Crippen LogP contribution in [-0.2, 0) is 0 Å². The third kappa shape index (κ3) is 3.82. The summed E-state index contributed by atoms with van der Waals surface area (Å²) in [6, 6.07) is 3.20. The summed E-state index contributed by atoms with van der Waals surface area (Å²) in [7, 11) is 0. The standard InChI is InChI=1S/C13H21ClN4O2/c1-3-9(4-2)18(7-8-19)13(20)12-10(14)5-6-11(16-12)17-15/h5-6,9,19H,3-4,7-8,15H2,1-2H3,(H,16,17). The van der Waals surface area contributed by atoms with Crippen molar-refractivity contribution < 1.29 is 9.90 Å². The van der Waals surface area contributed by atoms with E-state index in [9.17, 15) is 4.79 Å². The Balaban J connectivity index is 3.11. The number of pyridine rings is 1. The molecule has 0 saturated carbocycles. The summed E-state index contributed by atoms with van der Waals surface area (Å²) in [4.78, 5) is 18.3. The topological polar surface area (TPSA) is 91.5 Å². The number of carbonyl (C=O) groups excluding carboxylic acids is 1. The number of nitrogen functional groups attached to an aromatic ring is 1. The van der Waals surface area contributed by atoms with Crippen LogP contribution in [0.4, 0.5) is 5.82 Å². The van der Waals surface area contributed by atoms with Crippen LogP contribution < -0.4 is 11.3 Å². The van der Waals surface area contributed by atoms with Crippen molar-refractivity contribution in [2.45, 2.75) is 32.7 Å². The zero-order valence-corrected chi connectivity index (χ0v) is 12.5. The van der Waals surface area contributed by atoms with E-state index in [1.807, 2.05) is 13.8 Å².